The van der Waals surface area contributed by atoms with Crippen molar-refractivity contribution < 1.29 is 9.47 Å². The molecule has 0 bridgehead atoms. The number of hydrogen-bond donors (Lipinski definition) is 0. The zero-order valence-electron chi connectivity index (χ0n) is 10.7. The molecule has 0 spiro atoms. The van der Waals surface area contributed by atoms with Gasteiger partial charge in [-0.2, -0.15) is 0 Å². The number of ether oxygens (including phenoxy) is 2. The van der Waals surface area contributed by atoms with Crippen LogP contribution in [0.25, 0.3) is 0 Å². The highest BCUT2D eigenvalue weighted by atomic mass is 16.7. The molecule has 2 fully saturated rings. The predicted octanol–water partition coefficient (Wildman–Crippen LogP) is 3.28. The minimum absolute atomic E-state index is 0.349. The van der Waals surface area contributed by atoms with E-state index in [1.807, 2.05) is 13.0 Å². The van der Waals surface area contributed by atoms with Crippen molar-refractivity contribution in [1.29, 1.82) is 0 Å². The number of rotatable bonds is 3. The van der Waals surface area contributed by atoms with E-state index in [2.05, 4.69) is 5.92 Å². The summed E-state index contributed by atoms with van der Waals surface area (Å²) < 4.78 is 11.3. The molecule has 1 atom stereocenters. The van der Waals surface area contributed by atoms with Gasteiger partial charge in [0.15, 0.2) is 5.79 Å². The smallest absolute Gasteiger partial charge is 0.165 e. The van der Waals surface area contributed by atoms with Crippen LogP contribution in [0.5, 0.6) is 0 Å². The second kappa shape index (κ2) is 5.71. The summed E-state index contributed by atoms with van der Waals surface area (Å²) in [6.45, 7) is 3.51. The molecule has 1 aliphatic heterocycles. The zero-order chi connectivity index (χ0) is 12.1. The van der Waals surface area contributed by atoms with Crippen LogP contribution < -0.4 is 0 Å². The lowest BCUT2D eigenvalue weighted by atomic mass is 9.80. The van der Waals surface area contributed by atoms with Gasteiger partial charge in [0.05, 0.1) is 13.2 Å². The second-order valence-electron chi connectivity index (χ2n) is 5.20. The lowest BCUT2D eigenvalue weighted by molar-refractivity contribution is -0.148. The standard InChI is InChI=1S/C15H22O2/c1-3-6-13-7-4-5-8-14(13)9-10-15(2)16-11-12-17-15/h1,6,14H,4-5,7-12H2,2H3/b13-6+. The number of allylic oxidation sites excluding steroid dienone is 2. The number of terminal acetylenes is 1. The van der Waals surface area contributed by atoms with Crippen LogP contribution in [0, 0.1) is 18.3 Å². The van der Waals surface area contributed by atoms with Crippen molar-refractivity contribution in [2.24, 2.45) is 5.92 Å². The van der Waals surface area contributed by atoms with Gasteiger partial charge in [0.1, 0.15) is 0 Å². The van der Waals surface area contributed by atoms with Crippen molar-refractivity contribution in [2.75, 3.05) is 13.2 Å². The fourth-order valence-corrected chi connectivity index (χ4v) is 2.87. The zero-order valence-corrected chi connectivity index (χ0v) is 10.7. The van der Waals surface area contributed by atoms with E-state index in [1.165, 1.54) is 31.3 Å². The Hall–Kier alpha value is -0.780. The van der Waals surface area contributed by atoms with Crippen LogP contribution in [-0.4, -0.2) is 19.0 Å². The third-order valence-corrected chi connectivity index (χ3v) is 3.91. The molecule has 1 aliphatic carbocycles. The van der Waals surface area contributed by atoms with Crippen molar-refractivity contribution in [3.63, 3.8) is 0 Å². The maximum absolute atomic E-state index is 5.64. The van der Waals surface area contributed by atoms with E-state index < -0.39 is 0 Å². The van der Waals surface area contributed by atoms with E-state index in [1.54, 1.807) is 0 Å². The summed E-state index contributed by atoms with van der Waals surface area (Å²) in [7, 11) is 0. The summed E-state index contributed by atoms with van der Waals surface area (Å²) in [5.41, 5.74) is 1.46. The normalized spacial score (nSPS) is 30.4. The molecule has 0 aromatic carbocycles. The highest BCUT2D eigenvalue weighted by Gasteiger charge is 2.32. The van der Waals surface area contributed by atoms with Gasteiger partial charge in [-0.05, 0) is 44.6 Å². The Morgan fingerprint density at radius 3 is 2.88 bits per heavy atom. The first-order valence-corrected chi connectivity index (χ1v) is 6.66. The third-order valence-electron chi connectivity index (χ3n) is 3.91. The van der Waals surface area contributed by atoms with E-state index in [-0.39, 0.29) is 5.79 Å². The molecular formula is C15H22O2. The summed E-state index contributed by atoms with van der Waals surface area (Å²) in [6.07, 6.45) is 14.5. The van der Waals surface area contributed by atoms with Crippen LogP contribution in [0.4, 0.5) is 0 Å². The Labute approximate surface area is 104 Å². The largest absolute Gasteiger partial charge is 0.348 e. The summed E-state index contributed by atoms with van der Waals surface area (Å²) in [5.74, 6) is 2.97. The van der Waals surface area contributed by atoms with Gasteiger partial charge in [0, 0.05) is 6.42 Å². The van der Waals surface area contributed by atoms with Crippen LogP contribution in [0.15, 0.2) is 11.6 Å². The molecule has 17 heavy (non-hydrogen) atoms. The average molecular weight is 234 g/mol. The van der Waals surface area contributed by atoms with Crippen molar-refractivity contribution in [3.05, 3.63) is 11.6 Å². The molecule has 1 unspecified atom stereocenters. The van der Waals surface area contributed by atoms with E-state index in [4.69, 9.17) is 15.9 Å². The van der Waals surface area contributed by atoms with Crippen LogP contribution in [0.1, 0.15) is 45.4 Å². The Morgan fingerprint density at radius 2 is 2.18 bits per heavy atom. The van der Waals surface area contributed by atoms with Gasteiger partial charge in [-0.1, -0.05) is 17.9 Å². The molecule has 2 rings (SSSR count). The maximum Gasteiger partial charge on any atom is 0.165 e. The minimum atomic E-state index is -0.349. The van der Waals surface area contributed by atoms with Gasteiger partial charge >= 0.3 is 0 Å². The first-order valence-electron chi connectivity index (χ1n) is 6.66. The fourth-order valence-electron chi connectivity index (χ4n) is 2.87. The van der Waals surface area contributed by atoms with E-state index in [0.717, 1.165) is 26.1 Å². The first-order chi connectivity index (χ1) is 8.23. The van der Waals surface area contributed by atoms with Gasteiger partial charge in [0.25, 0.3) is 0 Å². The Bertz CT molecular complexity index is 318. The summed E-state index contributed by atoms with van der Waals surface area (Å²) in [5, 5.41) is 0. The third kappa shape index (κ3) is 3.34. The highest BCUT2D eigenvalue weighted by molar-refractivity contribution is 5.21. The van der Waals surface area contributed by atoms with E-state index in [0.29, 0.717) is 5.92 Å². The molecule has 0 N–H and O–H groups in total. The maximum atomic E-state index is 5.64. The van der Waals surface area contributed by atoms with Crippen LogP contribution in [-0.2, 0) is 9.47 Å². The lowest BCUT2D eigenvalue weighted by Gasteiger charge is -2.29. The van der Waals surface area contributed by atoms with Crippen molar-refractivity contribution >= 4 is 0 Å². The van der Waals surface area contributed by atoms with Crippen molar-refractivity contribution in [3.8, 4) is 12.3 Å². The monoisotopic (exact) mass is 234 g/mol. The topological polar surface area (TPSA) is 18.5 Å². The van der Waals surface area contributed by atoms with Gasteiger partial charge in [-0.3, -0.25) is 0 Å². The van der Waals surface area contributed by atoms with Gasteiger partial charge < -0.3 is 9.47 Å². The molecule has 2 heteroatoms. The molecule has 94 valence electrons. The van der Waals surface area contributed by atoms with Gasteiger partial charge in [-0.15, -0.1) is 6.42 Å². The number of hydrogen-bond acceptors (Lipinski definition) is 2. The molecule has 0 aromatic heterocycles. The predicted molar refractivity (Wildman–Crippen MR) is 68.4 cm³/mol. The van der Waals surface area contributed by atoms with Crippen LogP contribution >= 0.6 is 0 Å². The van der Waals surface area contributed by atoms with Crippen LogP contribution in [0.2, 0.25) is 0 Å². The molecule has 2 nitrogen and oxygen atoms in total. The Kier molecular flexibility index (Phi) is 4.25. The molecule has 0 radical (unpaired) electrons. The van der Waals surface area contributed by atoms with Gasteiger partial charge in [0.2, 0.25) is 0 Å². The second-order valence-corrected chi connectivity index (χ2v) is 5.20. The average Bonchev–Trinajstić information content (AvgIpc) is 2.76. The minimum Gasteiger partial charge on any atom is -0.348 e. The molecule has 0 amide bonds. The van der Waals surface area contributed by atoms with E-state index in [9.17, 15) is 0 Å². The molecule has 0 aromatic rings. The molecular weight excluding hydrogens is 212 g/mol. The summed E-state index contributed by atoms with van der Waals surface area (Å²) in [4.78, 5) is 0. The summed E-state index contributed by atoms with van der Waals surface area (Å²) in [6, 6.07) is 0. The molecule has 2 aliphatic rings. The van der Waals surface area contributed by atoms with Crippen LogP contribution in [0.3, 0.4) is 0 Å². The first kappa shape index (κ1) is 12.7. The fraction of sp³-hybridized carbons (Fsp3) is 0.733. The Balaban J connectivity index is 1.88. The highest BCUT2D eigenvalue weighted by Crippen LogP contribution is 2.35. The lowest BCUT2D eigenvalue weighted by Crippen LogP contribution is -2.27. The quantitative estimate of drug-likeness (QED) is 0.698. The SMILES string of the molecule is C#C/C=C1\CCCCC1CCC1(C)OCCO1. The van der Waals surface area contributed by atoms with E-state index >= 15 is 0 Å². The van der Waals surface area contributed by atoms with Crippen molar-refractivity contribution in [2.45, 2.75) is 51.2 Å². The summed E-state index contributed by atoms with van der Waals surface area (Å²) >= 11 is 0. The van der Waals surface area contributed by atoms with Gasteiger partial charge in [-0.25, -0.2) is 0 Å². The Morgan fingerprint density at radius 1 is 1.41 bits per heavy atom. The molecule has 1 heterocycles. The molecule has 1 saturated carbocycles. The van der Waals surface area contributed by atoms with Crippen molar-refractivity contribution in [1.82, 2.24) is 0 Å². The molecule has 1 saturated heterocycles.